The lowest BCUT2D eigenvalue weighted by Gasteiger charge is -2.39. The lowest BCUT2D eigenvalue weighted by atomic mass is 9.78. The van der Waals surface area contributed by atoms with Crippen molar-refractivity contribution in [1.29, 1.82) is 0 Å². The van der Waals surface area contributed by atoms with Gasteiger partial charge >= 0.3 is 0 Å². The second-order valence-corrected chi connectivity index (χ2v) is 7.50. The van der Waals surface area contributed by atoms with Crippen molar-refractivity contribution in [3.63, 3.8) is 0 Å². The zero-order valence-electron chi connectivity index (χ0n) is 14.1. The quantitative estimate of drug-likeness (QED) is 0.600. The number of nitrogens with zero attached hydrogens (tertiary/aromatic N) is 4. The topological polar surface area (TPSA) is 66.4 Å². The SMILES string of the molecule is CCCN1CCC[C@@]2(CCN(C(=O)CSc3ncccn3)C2)C1=O. The van der Waals surface area contributed by atoms with Crippen LogP contribution in [0.2, 0.25) is 0 Å². The van der Waals surface area contributed by atoms with Gasteiger partial charge in [-0.3, -0.25) is 9.59 Å². The summed E-state index contributed by atoms with van der Waals surface area (Å²) in [6.07, 6.45) is 7.08. The van der Waals surface area contributed by atoms with E-state index >= 15 is 0 Å². The highest BCUT2D eigenvalue weighted by Gasteiger charge is 2.49. The maximum Gasteiger partial charge on any atom is 0.233 e. The summed E-state index contributed by atoms with van der Waals surface area (Å²) in [6, 6.07) is 1.76. The Kier molecular flexibility index (Phi) is 5.38. The zero-order valence-corrected chi connectivity index (χ0v) is 14.9. The molecule has 0 N–H and O–H groups in total. The van der Waals surface area contributed by atoms with Crippen LogP contribution in [0, 0.1) is 5.41 Å². The van der Waals surface area contributed by atoms with Gasteiger partial charge in [-0.2, -0.15) is 0 Å². The van der Waals surface area contributed by atoms with Crippen molar-refractivity contribution in [2.24, 2.45) is 5.41 Å². The maximum absolute atomic E-state index is 12.8. The smallest absolute Gasteiger partial charge is 0.233 e. The fourth-order valence-electron chi connectivity index (χ4n) is 3.68. The molecule has 1 atom stereocenters. The second kappa shape index (κ2) is 7.51. The van der Waals surface area contributed by atoms with E-state index in [1.54, 1.807) is 18.5 Å². The van der Waals surface area contributed by atoms with Gasteiger partial charge in [-0.05, 0) is 31.7 Å². The van der Waals surface area contributed by atoms with Crippen LogP contribution in [0.15, 0.2) is 23.6 Å². The average Bonchev–Trinajstić information content (AvgIpc) is 3.03. The molecule has 3 rings (SSSR count). The number of aromatic nitrogens is 2. The Morgan fingerprint density at radius 3 is 2.83 bits per heavy atom. The molecular formula is C17H24N4O2S. The number of amides is 2. The predicted molar refractivity (Wildman–Crippen MR) is 92.5 cm³/mol. The Bertz CT molecular complexity index is 596. The normalized spacial score (nSPS) is 24.0. The first kappa shape index (κ1) is 17.2. The minimum atomic E-state index is -0.336. The van der Waals surface area contributed by atoms with Gasteiger partial charge in [0.2, 0.25) is 11.8 Å². The molecule has 6 nitrogen and oxygen atoms in total. The zero-order chi connectivity index (χ0) is 17.0. The predicted octanol–water partition coefficient (Wildman–Crippen LogP) is 1.82. The van der Waals surface area contributed by atoms with Crippen molar-refractivity contribution in [3.8, 4) is 0 Å². The van der Waals surface area contributed by atoms with E-state index in [1.165, 1.54) is 11.8 Å². The van der Waals surface area contributed by atoms with E-state index in [0.29, 0.717) is 24.0 Å². The number of hydrogen-bond donors (Lipinski definition) is 0. The number of carbonyl (C=O) groups is 2. The van der Waals surface area contributed by atoms with Gasteiger partial charge in [0.05, 0.1) is 11.2 Å². The monoisotopic (exact) mass is 348 g/mol. The van der Waals surface area contributed by atoms with Gasteiger partial charge in [0.25, 0.3) is 0 Å². The van der Waals surface area contributed by atoms with Crippen LogP contribution in [-0.4, -0.2) is 63.5 Å². The van der Waals surface area contributed by atoms with Gasteiger partial charge in [0, 0.05) is 38.6 Å². The molecule has 0 radical (unpaired) electrons. The molecule has 0 aromatic carbocycles. The first-order chi connectivity index (χ1) is 11.6. The lowest BCUT2D eigenvalue weighted by Crippen LogP contribution is -2.50. The first-order valence-corrected chi connectivity index (χ1v) is 9.60. The maximum atomic E-state index is 12.8. The van der Waals surface area contributed by atoms with E-state index in [9.17, 15) is 9.59 Å². The largest absolute Gasteiger partial charge is 0.342 e. The number of likely N-dealkylation sites (tertiary alicyclic amines) is 2. The Balaban J connectivity index is 1.58. The van der Waals surface area contributed by atoms with Crippen LogP contribution >= 0.6 is 11.8 Å². The third-order valence-corrected chi connectivity index (χ3v) is 5.75. The highest BCUT2D eigenvalue weighted by molar-refractivity contribution is 7.99. The Morgan fingerprint density at radius 2 is 2.08 bits per heavy atom. The first-order valence-electron chi connectivity index (χ1n) is 8.61. The van der Waals surface area contributed by atoms with E-state index in [0.717, 1.165) is 38.8 Å². The minimum Gasteiger partial charge on any atom is -0.342 e. The van der Waals surface area contributed by atoms with Gasteiger partial charge in [-0.15, -0.1) is 0 Å². The standard InChI is InChI=1S/C17H24N4O2S/c1-2-9-20-10-3-5-17(15(20)23)6-11-21(13-17)14(22)12-24-16-18-7-4-8-19-16/h4,7-8H,2-3,5-6,9-13H2,1H3/t17-/m0/s1. The van der Waals surface area contributed by atoms with Crippen molar-refractivity contribution in [2.75, 3.05) is 31.9 Å². The van der Waals surface area contributed by atoms with Gasteiger partial charge < -0.3 is 9.80 Å². The summed E-state index contributed by atoms with van der Waals surface area (Å²) in [6.45, 7) is 5.04. The molecule has 2 aliphatic heterocycles. The van der Waals surface area contributed by atoms with Crippen LogP contribution in [0.4, 0.5) is 0 Å². The van der Waals surface area contributed by atoms with E-state index in [1.807, 2.05) is 9.80 Å². The summed E-state index contributed by atoms with van der Waals surface area (Å²) in [4.78, 5) is 37.4. The number of rotatable bonds is 5. The summed E-state index contributed by atoms with van der Waals surface area (Å²) < 4.78 is 0. The van der Waals surface area contributed by atoms with Gasteiger partial charge in [-0.25, -0.2) is 9.97 Å². The number of thioether (sulfide) groups is 1. The molecule has 0 unspecified atom stereocenters. The number of hydrogen-bond acceptors (Lipinski definition) is 5. The molecule has 0 aliphatic carbocycles. The van der Waals surface area contributed by atoms with Gasteiger partial charge in [0.15, 0.2) is 5.16 Å². The summed E-state index contributed by atoms with van der Waals surface area (Å²) in [5.74, 6) is 0.655. The van der Waals surface area contributed by atoms with Crippen molar-refractivity contribution in [1.82, 2.24) is 19.8 Å². The molecule has 7 heteroatoms. The van der Waals surface area contributed by atoms with Crippen molar-refractivity contribution in [3.05, 3.63) is 18.5 Å². The van der Waals surface area contributed by atoms with E-state index in [2.05, 4.69) is 16.9 Å². The lowest BCUT2D eigenvalue weighted by molar-refractivity contribution is -0.146. The molecule has 3 heterocycles. The van der Waals surface area contributed by atoms with Crippen LogP contribution in [0.3, 0.4) is 0 Å². The van der Waals surface area contributed by atoms with E-state index in [4.69, 9.17) is 0 Å². The molecule has 2 saturated heterocycles. The van der Waals surface area contributed by atoms with E-state index in [-0.39, 0.29) is 17.2 Å². The Labute approximate surface area is 147 Å². The van der Waals surface area contributed by atoms with Crippen LogP contribution in [0.1, 0.15) is 32.6 Å². The average molecular weight is 348 g/mol. The van der Waals surface area contributed by atoms with Crippen LogP contribution in [0.25, 0.3) is 0 Å². The summed E-state index contributed by atoms with van der Waals surface area (Å²) in [7, 11) is 0. The van der Waals surface area contributed by atoms with Gasteiger partial charge in [-0.1, -0.05) is 18.7 Å². The summed E-state index contributed by atoms with van der Waals surface area (Å²) >= 11 is 1.35. The summed E-state index contributed by atoms with van der Waals surface area (Å²) in [5.41, 5.74) is -0.336. The molecular weight excluding hydrogens is 324 g/mol. The molecule has 2 fully saturated rings. The molecule has 0 saturated carbocycles. The third kappa shape index (κ3) is 3.55. The summed E-state index contributed by atoms with van der Waals surface area (Å²) in [5, 5.41) is 0.614. The van der Waals surface area contributed by atoms with E-state index < -0.39 is 0 Å². The highest BCUT2D eigenvalue weighted by atomic mass is 32.2. The Hall–Kier alpha value is -1.63. The fraction of sp³-hybridized carbons (Fsp3) is 0.647. The third-order valence-electron chi connectivity index (χ3n) is 4.89. The second-order valence-electron chi connectivity index (χ2n) is 6.56. The van der Waals surface area contributed by atoms with Gasteiger partial charge in [0.1, 0.15) is 0 Å². The van der Waals surface area contributed by atoms with Crippen molar-refractivity contribution < 1.29 is 9.59 Å². The highest BCUT2D eigenvalue weighted by Crippen LogP contribution is 2.40. The van der Waals surface area contributed by atoms with Crippen LogP contribution in [0.5, 0.6) is 0 Å². The molecule has 1 spiro atoms. The number of piperidine rings is 1. The molecule has 1 aromatic heterocycles. The van der Waals surface area contributed by atoms with Crippen molar-refractivity contribution >= 4 is 23.6 Å². The minimum absolute atomic E-state index is 0.0738. The molecule has 130 valence electrons. The molecule has 2 amide bonds. The Morgan fingerprint density at radius 1 is 1.29 bits per heavy atom. The van der Waals surface area contributed by atoms with Crippen LogP contribution in [-0.2, 0) is 9.59 Å². The molecule has 2 aliphatic rings. The molecule has 0 bridgehead atoms. The van der Waals surface area contributed by atoms with Crippen molar-refractivity contribution in [2.45, 2.75) is 37.8 Å². The molecule has 1 aromatic rings. The fourth-order valence-corrected chi connectivity index (χ4v) is 4.38. The van der Waals surface area contributed by atoms with Crippen LogP contribution < -0.4 is 0 Å². The molecule has 24 heavy (non-hydrogen) atoms. The number of carbonyl (C=O) groups excluding carboxylic acids is 2.